The molecule has 0 unspecified atom stereocenters. The highest BCUT2D eigenvalue weighted by Crippen LogP contribution is 2.40. The first-order valence-corrected chi connectivity index (χ1v) is 17.6. The molecule has 3 aliphatic rings. The summed E-state index contributed by atoms with van der Waals surface area (Å²) in [5, 5.41) is 0. The van der Waals surface area contributed by atoms with Crippen LogP contribution < -0.4 is 14.4 Å². The van der Waals surface area contributed by atoms with E-state index in [9.17, 15) is 13.2 Å². The van der Waals surface area contributed by atoms with Gasteiger partial charge in [-0.2, -0.15) is 0 Å². The average Bonchev–Trinajstić information content (AvgIpc) is 3.31. The van der Waals surface area contributed by atoms with Crippen LogP contribution in [0.3, 0.4) is 0 Å². The Hall–Kier alpha value is -3.07. The lowest BCUT2D eigenvalue weighted by Gasteiger charge is -2.40. The molecule has 3 saturated heterocycles. The molecular weight excluding hydrogens is 590 g/mol. The summed E-state index contributed by atoms with van der Waals surface area (Å²) in [5.41, 5.74) is 3.73. The number of carbonyl (C=O) groups is 1. The molecule has 0 bridgehead atoms. The van der Waals surface area contributed by atoms with Crippen molar-refractivity contribution in [3.05, 3.63) is 22.7 Å². The third kappa shape index (κ3) is 6.56. The van der Waals surface area contributed by atoms with Crippen molar-refractivity contribution in [1.29, 1.82) is 0 Å². The summed E-state index contributed by atoms with van der Waals surface area (Å²) in [6.07, 6.45) is 7.54. The monoisotopic (exact) mass is 629 g/mol. The second kappa shape index (κ2) is 12.5. The Morgan fingerprint density at radius 2 is 1.88 bits per heavy atom. The van der Waals surface area contributed by atoms with E-state index in [0.29, 0.717) is 61.9 Å². The number of fused-ring (bicyclic) bond motifs is 1. The van der Waals surface area contributed by atoms with E-state index in [0.717, 1.165) is 68.3 Å². The second-order valence-electron chi connectivity index (χ2n) is 11.5. The number of thiophene rings is 1. The van der Waals surface area contributed by atoms with Gasteiger partial charge in [-0.3, -0.25) is 14.4 Å². The molecule has 3 fully saturated rings. The lowest BCUT2D eigenvalue weighted by Crippen LogP contribution is -2.48. The highest BCUT2D eigenvalue weighted by molar-refractivity contribution is 7.92. The molecule has 1 N–H and O–H groups in total. The molecule has 0 atom stereocenters. The summed E-state index contributed by atoms with van der Waals surface area (Å²) < 4.78 is 38.6. The summed E-state index contributed by atoms with van der Waals surface area (Å²) in [6.45, 7) is 8.24. The Balaban J connectivity index is 1.34. The first kappa shape index (κ1) is 30.0. The molecule has 0 aromatic carbocycles. The number of piperidine rings is 2. The van der Waals surface area contributed by atoms with Gasteiger partial charge in [0.1, 0.15) is 5.69 Å². The number of sulfonamides is 1. The Bertz CT molecular complexity index is 1600. The minimum absolute atomic E-state index is 0.186. The van der Waals surface area contributed by atoms with Gasteiger partial charge in [-0.1, -0.05) is 0 Å². The normalized spacial score (nSPS) is 19.3. The predicted molar refractivity (Wildman–Crippen MR) is 167 cm³/mol. The van der Waals surface area contributed by atoms with Gasteiger partial charge in [0.15, 0.2) is 0 Å². The number of likely N-dealkylation sites (tertiary alicyclic amines) is 2. The van der Waals surface area contributed by atoms with Gasteiger partial charge in [0.2, 0.25) is 27.8 Å². The van der Waals surface area contributed by atoms with E-state index >= 15 is 0 Å². The molecule has 0 radical (unpaired) electrons. The van der Waals surface area contributed by atoms with Crippen molar-refractivity contribution < 1.29 is 22.7 Å². The van der Waals surface area contributed by atoms with E-state index in [1.54, 1.807) is 23.6 Å². The standard InChI is InChI=1S/C29H39N7O5S2/c1-19-22(18-34-10-7-21(8-11-34)36-9-5-4-6-24(36)37)26-27(42-19)25(31-29(32-26)35-12-14-41-15-13-35)20-16-23(33-43(3,38)39)28(40-2)30-17-20/h16-17,21,33H,4-15,18H2,1-3H3. The summed E-state index contributed by atoms with van der Waals surface area (Å²) in [7, 11) is -2.10. The fraction of sp³-hybridized carbons (Fsp3) is 0.586. The van der Waals surface area contributed by atoms with Crippen LogP contribution in [0, 0.1) is 6.92 Å². The molecule has 3 aliphatic heterocycles. The van der Waals surface area contributed by atoms with E-state index < -0.39 is 10.0 Å². The number of aryl methyl sites for hydroxylation is 1. The van der Waals surface area contributed by atoms with Crippen LogP contribution in [0.2, 0.25) is 0 Å². The van der Waals surface area contributed by atoms with Crippen LogP contribution in [0.5, 0.6) is 5.88 Å². The van der Waals surface area contributed by atoms with Crippen molar-refractivity contribution in [3.63, 3.8) is 0 Å². The summed E-state index contributed by atoms with van der Waals surface area (Å²) in [5.74, 6) is 1.12. The lowest BCUT2D eigenvalue weighted by molar-refractivity contribution is -0.136. The maximum Gasteiger partial charge on any atom is 0.238 e. The van der Waals surface area contributed by atoms with Gasteiger partial charge in [-0.15, -0.1) is 11.3 Å². The highest BCUT2D eigenvalue weighted by atomic mass is 32.2. The molecule has 14 heteroatoms. The molecule has 12 nitrogen and oxygen atoms in total. The first-order chi connectivity index (χ1) is 20.7. The fourth-order valence-corrected chi connectivity index (χ4v) is 7.91. The van der Waals surface area contributed by atoms with Crippen LogP contribution in [0.4, 0.5) is 11.6 Å². The van der Waals surface area contributed by atoms with Crippen molar-refractivity contribution in [2.24, 2.45) is 0 Å². The minimum Gasteiger partial charge on any atom is -0.480 e. The SMILES string of the molecule is COc1ncc(-c2nc(N3CCOCC3)nc3c(CN4CCC(N5CCCCC5=O)CC4)c(C)sc23)cc1NS(C)(=O)=O. The van der Waals surface area contributed by atoms with Gasteiger partial charge in [0, 0.05) is 73.9 Å². The zero-order chi connectivity index (χ0) is 30.1. The van der Waals surface area contributed by atoms with Gasteiger partial charge in [-0.05, 0) is 38.7 Å². The number of pyridine rings is 1. The van der Waals surface area contributed by atoms with Gasteiger partial charge < -0.3 is 19.3 Å². The van der Waals surface area contributed by atoms with E-state index in [1.807, 2.05) is 0 Å². The topological polar surface area (TPSA) is 130 Å². The van der Waals surface area contributed by atoms with Crippen LogP contribution in [-0.2, 0) is 26.1 Å². The Kier molecular flexibility index (Phi) is 8.72. The van der Waals surface area contributed by atoms with Gasteiger partial charge in [0.05, 0.1) is 42.5 Å². The van der Waals surface area contributed by atoms with Crippen LogP contribution in [0.15, 0.2) is 12.3 Å². The lowest BCUT2D eigenvalue weighted by atomic mass is 9.99. The molecule has 6 heterocycles. The van der Waals surface area contributed by atoms with Crippen molar-refractivity contribution in [1.82, 2.24) is 24.8 Å². The summed E-state index contributed by atoms with van der Waals surface area (Å²) >= 11 is 1.65. The van der Waals surface area contributed by atoms with E-state index in [-0.39, 0.29) is 11.6 Å². The quantitative estimate of drug-likeness (QED) is 0.396. The molecule has 6 rings (SSSR count). The number of hydrogen-bond acceptors (Lipinski definition) is 11. The maximum atomic E-state index is 12.5. The second-order valence-corrected chi connectivity index (χ2v) is 14.5. The molecule has 43 heavy (non-hydrogen) atoms. The number of amides is 1. The first-order valence-electron chi connectivity index (χ1n) is 14.9. The molecule has 0 spiro atoms. The molecular formula is C29H39N7O5S2. The summed E-state index contributed by atoms with van der Waals surface area (Å²) in [4.78, 5) is 34.9. The van der Waals surface area contributed by atoms with E-state index in [2.05, 4.69) is 31.3 Å². The van der Waals surface area contributed by atoms with E-state index in [1.165, 1.54) is 17.6 Å². The number of ether oxygens (including phenoxy) is 2. The van der Waals surface area contributed by atoms with Crippen LogP contribution >= 0.6 is 11.3 Å². The van der Waals surface area contributed by atoms with Crippen molar-refractivity contribution in [2.75, 3.05) is 68.9 Å². The maximum absolute atomic E-state index is 12.5. The third-order valence-electron chi connectivity index (χ3n) is 8.47. The number of aromatic nitrogens is 3. The van der Waals surface area contributed by atoms with E-state index in [4.69, 9.17) is 19.4 Å². The number of morpholine rings is 1. The van der Waals surface area contributed by atoms with Crippen LogP contribution in [0.1, 0.15) is 42.5 Å². The third-order valence-corrected chi connectivity index (χ3v) is 10.2. The number of carbonyl (C=O) groups excluding carboxylic acids is 1. The molecule has 3 aromatic rings. The molecule has 232 valence electrons. The zero-order valence-corrected chi connectivity index (χ0v) is 26.6. The predicted octanol–water partition coefficient (Wildman–Crippen LogP) is 3.26. The van der Waals surface area contributed by atoms with Crippen LogP contribution in [0.25, 0.3) is 21.5 Å². The van der Waals surface area contributed by atoms with Crippen LogP contribution in [-0.4, -0.2) is 104 Å². The molecule has 3 aromatic heterocycles. The number of anilines is 2. The van der Waals surface area contributed by atoms with Gasteiger partial charge in [0.25, 0.3) is 0 Å². The Morgan fingerprint density at radius 1 is 1.12 bits per heavy atom. The number of rotatable bonds is 8. The molecule has 1 amide bonds. The largest absolute Gasteiger partial charge is 0.480 e. The Morgan fingerprint density at radius 3 is 2.58 bits per heavy atom. The minimum atomic E-state index is -3.56. The van der Waals surface area contributed by atoms with Crippen molar-refractivity contribution >= 4 is 49.1 Å². The van der Waals surface area contributed by atoms with Gasteiger partial charge >= 0.3 is 0 Å². The fourth-order valence-electron chi connectivity index (χ4n) is 6.25. The Labute approximate surface area is 256 Å². The number of nitrogens with one attached hydrogen (secondary N) is 1. The zero-order valence-electron chi connectivity index (χ0n) is 25.0. The summed E-state index contributed by atoms with van der Waals surface area (Å²) in [6, 6.07) is 2.06. The number of nitrogens with zero attached hydrogens (tertiary/aromatic N) is 6. The molecule has 0 aliphatic carbocycles. The highest BCUT2D eigenvalue weighted by Gasteiger charge is 2.30. The van der Waals surface area contributed by atoms with Crippen molar-refractivity contribution in [2.45, 2.75) is 51.6 Å². The smallest absolute Gasteiger partial charge is 0.238 e. The average molecular weight is 630 g/mol. The number of methoxy groups -OCH3 is 1. The number of hydrogen-bond donors (Lipinski definition) is 1. The van der Waals surface area contributed by atoms with Crippen molar-refractivity contribution in [3.8, 4) is 17.1 Å². The molecule has 0 saturated carbocycles. The van der Waals surface area contributed by atoms with Gasteiger partial charge in [-0.25, -0.2) is 23.4 Å².